The van der Waals surface area contributed by atoms with E-state index < -0.39 is 5.82 Å². The van der Waals surface area contributed by atoms with Gasteiger partial charge >= 0.3 is 6.09 Å². The summed E-state index contributed by atoms with van der Waals surface area (Å²) in [6.45, 7) is 3.23. The maximum absolute atomic E-state index is 13.6. The van der Waals surface area contributed by atoms with Gasteiger partial charge in [0, 0.05) is 25.2 Å². The smallest absolute Gasteiger partial charge is 0.409 e. The third-order valence-corrected chi connectivity index (χ3v) is 3.97. The summed E-state index contributed by atoms with van der Waals surface area (Å²) in [5.41, 5.74) is 0.575. The van der Waals surface area contributed by atoms with Gasteiger partial charge in [-0.05, 0) is 43.5 Å². The number of nitrogens with one attached hydrogen (secondary N) is 1. The number of likely N-dealkylation sites (tertiary alicyclic amines) is 1. The van der Waals surface area contributed by atoms with Gasteiger partial charge in [0.1, 0.15) is 0 Å². The van der Waals surface area contributed by atoms with Gasteiger partial charge in [0.15, 0.2) is 11.6 Å². The zero-order chi connectivity index (χ0) is 18.2. The first-order valence-electron chi connectivity index (χ1n) is 8.27. The predicted octanol–water partition coefficient (Wildman–Crippen LogP) is 2.58. The van der Waals surface area contributed by atoms with E-state index in [4.69, 9.17) is 9.47 Å². The van der Waals surface area contributed by atoms with Crippen molar-refractivity contribution in [3.8, 4) is 5.75 Å². The Morgan fingerprint density at radius 1 is 1.36 bits per heavy atom. The van der Waals surface area contributed by atoms with E-state index in [0.29, 0.717) is 38.1 Å². The predicted molar refractivity (Wildman–Crippen MR) is 91.7 cm³/mol. The lowest BCUT2D eigenvalue weighted by molar-refractivity contribution is -0.117. The van der Waals surface area contributed by atoms with Crippen LogP contribution in [0.5, 0.6) is 5.75 Å². The summed E-state index contributed by atoms with van der Waals surface area (Å²) < 4.78 is 23.4. The molecule has 2 rings (SSSR count). The zero-order valence-corrected chi connectivity index (χ0v) is 14.5. The molecule has 1 saturated heterocycles. The number of rotatable bonds is 5. The highest BCUT2D eigenvalue weighted by atomic mass is 19.1. The normalized spacial score (nSPS) is 15.2. The maximum atomic E-state index is 13.6. The van der Waals surface area contributed by atoms with Gasteiger partial charge in [-0.1, -0.05) is 6.07 Å². The van der Waals surface area contributed by atoms with Crippen LogP contribution in [0.2, 0.25) is 0 Å². The van der Waals surface area contributed by atoms with Crippen molar-refractivity contribution in [3.63, 3.8) is 0 Å². The molecule has 2 amide bonds. The fraction of sp³-hybridized carbons (Fsp3) is 0.444. The van der Waals surface area contributed by atoms with E-state index in [9.17, 15) is 14.0 Å². The highest BCUT2D eigenvalue weighted by Crippen LogP contribution is 2.18. The lowest BCUT2D eigenvalue weighted by Crippen LogP contribution is -2.46. The number of carbonyl (C=O) groups excluding carboxylic acids is 2. The number of halogens is 1. The Morgan fingerprint density at radius 3 is 2.68 bits per heavy atom. The molecule has 0 aromatic heterocycles. The molecule has 7 heteroatoms. The Bertz CT molecular complexity index is 640. The van der Waals surface area contributed by atoms with Crippen LogP contribution in [0.3, 0.4) is 0 Å². The molecule has 1 heterocycles. The number of hydrogen-bond donors (Lipinski definition) is 1. The Kier molecular flexibility index (Phi) is 6.80. The monoisotopic (exact) mass is 350 g/mol. The minimum Gasteiger partial charge on any atom is -0.494 e. The second-order valence-electron chi connectivity index (χ2n) is 5.70. The minimum absolute atomic E-state index is 0.00966. The summed E-state index contributed by atoms with van der Waals surface area (Å²) in [4.78, 5) is 25.3. The lowest BCUT2D eigenvalue weighted by Gasteiger charge is -2.31. The summed E-state index contributed by atoms with van der Waals surface area (Å²) >= 11 is 0. The summed E-state index contributed by atoms with van der Waals surface area (Å²) in [6, 6.07) is 4.50. The first-order chi connectivity index (χ1) is 12.0. The molecular formula is C18H23FN2O4. The van der Waals surface area contributed by atoms with Crippen LogP contribution in [0.1, 0.15) is 25.3 Å². The molecule has 1 fully saturated rings. The van der Waals surface area contributed by atoms with E-state index in [0.717, 1.165) is 0 Å². The van der Waals surface area contributed by atoms with Gasteiger partial charge in [-0.2, -0.15) is 0 Å². The van der Waals surface area contributed by atoms with Crippen molar-refractivity contribution in [2.75, 3.05) is 26.8 Å². The van der Waals surface area contributed by atoms with Gasteiger partial charge in [0.05, 0.1) is 13.7 Å². The highest BCUT2D eigenvalue weighted by Gasteiger charge is 2.23. The fourth-order valence-corrected chi connectivity index (χ4v) is 2.63. The highest BCUT2D eigenvalue weighted by molar-refractivity contribution is 5.91. The van der Waals surface area contributed by atoms with Crippen molar-refractivity contribution in [2.45, 2.75) is 25.8 Å². The zero-order valence-electron chi connectivity index (χ0n) is 14.5. The van der Waals surface area contributed by atoms with E-state index in [2.05, 4.69) is 5.32 Å². The summed E-state index contributed by atoms with van der Waals surface area (Å²) in [5.74, 6) is -0.558. The molecule has 0 aliphatic carbocycles. The number of methoxy groups -OCH3 is 1. The van der Waals surface area contributed by atoms with Crippen molar-refractivity contribution in [1.29, 1.82) is 0 Å². The molecule has 0 radical (unpaired) electrons. The van der Waals surface area contributed by atoms with Crippen LogP contribution in [-0.2, 0) is 9.53 Å². The molecule has 6 nitrogen and oxygen atoms in total. The molecule has 1 aromatic rings. The van der Waals surface area contributed by atoms with Gasteiger partial charge < -0.3 is 19.7 Å². The molecule has 0 spiro atoms. The maximum Gasteiger partial charge on any atom is 0.409 e. The number of hydrogen-bond acceptors (Lipinski definition) is 4. The van der Waals surface area contributed by atoms with Crippen LogP contribution in [0.25, 0.3) is 6.08 Å². The van der Waals surface area contributed by atoms with Crippen molar-refractivity contribution >= 4 is 18.1 Å². The van der Waals surface area contributed by atoms with E-state index in [1.165, 1.54) is 25.3 Å². The van der Waals surface area contributed by atoms with Gasteiger partial charge in [0.25, 0.3) is 0 Å². The third kappa shape index (κ3) is 5.48. The SMILES string of the molecule is CCOC(=O)N1CCC(NC(=O)/C=C/c2ccc(OC)c(F)c2)CC1. The number of carbonyl (C=O) groups is 2. The van der Waals surface area contributed by atoms with E-state index in [1.54, 1.807) is 24.0 Å². The average Bonchev–Trinajstić information content (AvgIpc) is 2.61. The van der Waals surface area contributed by atoms with Crippen LogP contribution in [0.4, 0.5) is 9.18 Å². The second-order valence-corrected chi connectivity index (χ2v) is 5.70. The molecule has 0 atom stereocenters. The van der Waals surface area contributed by atoms with Crippen molar-refractivity contribution in [1.82, 2.24) is 10.2 Å². The van der Waals surface area contributed by atoms with Crippen LogP contribution in [0, 0.1) is 5.82 Å². The Hall–Kier alpha value is -2.57. The molecule has 25 heavy (non-hydrogen) atoms. The minimum atomic E-state index is -0.476. The van der Waals surface area contributed by atoms with E-state index in [1.807, 2.05) is 0 Å². The summed E-state index contributed by atoms with van der Waals surface area (Å²) in [5, 5.41) is 2.89. The van der Waals surface area contributed by atoms with Crippen LogP contribution in [-0.4, -0.2) is 49.7 Å². The molecule has 136 valence electrons. The average molecular weight is 350 g/mol. The molecule has 0 unspecified atom stereocenters. The van der Waals surface area contributed by atoms with E-state index in [-0.39, 0.29) is 23.8 Å². The van der Waals surface area contributed by atoms with Crippen LogP contribution in [0.15, 0.2) is 24.3 Å². The number of piperidine rings is 1. The first-order valence-corrected chi connectivity index (χ1v) is 8.27. The van der Waals surface area contributed by atoms with E-state index >= 15 is 0 Å². The largest absolute Gasteiger partial charge is 0.494 e. The molecule has 1 N–H and O–H groups in total. The van der Waals surface area contributed by atoms with Crippen molar-refractivity contribution in [3.05, 3.63) is 35.7 Å². The lowest BCUT2D eigenvalue weighted by atomic mass is 10.1. The number of nitrogens with zero attached hydrogens (tertiary/aromatic N) is 1. The Morgan fingerprint density at radius 2 is 2.08 bits per heavy atom. The van der Waals surface area contributed by atoms with Gasteiger partial charge in [-0.15, -0.1) is 0 Å². The van der Waals surface area contributed by atoms with Gasteiger partial charge in [-0.25, -0.2) is 9.18 Å². The molecule has 1 aromatic carbocycles. The Labute approximate surface area is 146 Å². The second kappa shape index (κ2) is 9.05. The fourth-order valence-electron chi connectivity index (χ4n) is 2.63. The molecule has 1 aliphatic rings. The number of amides is 2. The van der Waals surface area contributed by atoms with Crippen LogP contribution >= 0.6 is 0 Å². The number of benzene rings is 1. The summed E-state index contributed by atoms with van der Waals surface area (Å²) in [6.07, 6.45) is 3.96. The summed E-state index contributed by atoms with van der Waals surface area (Å²) in [7, 11) is 1.40. The molecule has 1 aliphatic heterocycles. The van der Waals surface area contributed by atoms with Gasteiger partial charge in [-0.3, -0.25) is 4.79 Å². The van der Waals surface area contributed by atoms with Crippen LogP contribution < -0.4 is 10.1 Å². The molecule has 0 bridgehead atoms. The quantitative estimate of drug-likeness (QED) is 0.829. The third-order valence-electron chi connectivity index (χ3n) is 3.97. The molecular weight excluding hydrogens is 327 g/mol. The molecule has 0 saturated carbocycles. The van der Waals surface area contributed by atoms with Gasteiger partial charge in [0.2, 0.25) is 5.91 Å². The van der Waals surface area contributed by atoms with Crippen molar-refractivity contribution in [2.24, 2.45) is 0 Å². The number of ether oxygens (including phenoxy) is 2. The van der Waals surface area contributed by atoms with Crippen molar-refractivity contribution < 1.29 is 23.5 Å². The first kappa shape index (κ1) is 18.8. The topological polar surface area (TPSA) is 67.9 Å². The standard InChI is InChI=1S/C18H23FN2O4/c1-3-25-18(23)21-10-8-14(9-11-21)20-17(22)7-5-13-4-6-16(24-2)15(19)12-13/h4-7,12,14H,3,8-11H2,1-2H3,(H,20,22)/b7-5+. The Balaban J connectivity index is 1.81.